The normalized spacial score (nSPS) is 40.1. The lowest BCUT2D eigenvalue weighted by Gasteiger charge is -2.54. The third-order valence-corrected chi connectivity index (χ3v) is 7.25. The average molecular weight is 322 g/mol. The van der Waals surface area contributed by atoms with Crippen LogP contribution in [0.4, 0.5) is 0 Å². The minimum absolute atomic E-state index is 0.104. The number of fused-ring (bicyclic) bond motifs is 2. The largest absolute Gasteiger partial charge is 0.272 e. The fourth-order valence-electron chi connectivity index (χ4n) is 6.13. The number of amides is 1. The molecule has 1 aromatic rings. The fourth-order valence-corrected chi connectivity index (χ4v) is 6.13. The zero-order chi connectivity index (χ0) is 16.1. The number of carbonyl (C=O) groups is 1. The third-order valence-electron chi connectivity index (χ3n) is 7.25. The summed E-state index contributed by atoms with van der Waals surface area (Å²) < 4.78 is 0. The molecule has 0 saturated heterocycles. The maximum atomic E-state index is 13.6. The van der Waals surface area contributed by atoms with Crippen LogP contribution in [0.25, 0.3) is 0 Å². The van der Waals surface area contributed by atoms with Gasteiger partial charge in [-0.3, -0.25) is 4.79 Å². The molecule has 0 aromatic heterocycles. The molecule has 1 aliphatic heterocycles. The zero-order valence-electron chi connectivity index (χ0n) is 14.2. The summed E-state index contributed by atoms with van der Waals surface area (Å²) in [6.07, 6.45) is 11.5. The van der Waals surface area contributed by atoms with Crippen molar-refractivity contribution in [3.05, 3.63) is 35.9 Å². The van der Waals surface area contributed by atoms with Gasteiger partial charge in [0.2, 0.25) is 5.91 Å². The van der Waals surface area contributed by atoms with Crippen molar-refractivity contribution < 1.29 is 4.79 Å². The highest BCUT2D eigenvalue weighted by atomic mass is 16.2. The Morgan fingerprint density at radius 2 is 1.96 bits per heavy atom. The van der Waals surface area contributed by atoms with Crippen molar-refractivity contribution in [3.8, 4) is 0 Å². The highest BCUT2D eigenvalue weighted by molar-refractivity contribution is 5.85. The van der Waals surface area contributed by atoms with Gasteiger partial charge in [0, 0.05) is 12.6 Å². The first-order valence-electron chi connectivity index (χ1n) is 9.66. The molecular formula is C21H26N2O. The van der Waals surface area contributed by atoms with Crippen molar-refractivity contribution >= 4 is 12.1 Å². The van der Waals surface area contributed by atoms with Gasteiger partial charge < -0.3 is 0 Å². The van der Waals surface area contributed by atoms with Crippen molar-refractivity contribution in [2.75, 3.05) is 0 Å². The van der Waals surface area contributed by atoms with Crippen molar-refractivity contribution in [2.24, 2.45) is 28.3 Å². The lowest BCUT2D eigenvalue weighted by Crippen LogP contribution is -2.52. The number of hydrazone groups is 1. The Hall–Kier alpha value is -1.64. The Bertz CT molecular complexity index is 666. The van der Waals surface area contributed by atoms with E-state index in [2.05, 4.69) is 29.4 Å². The van der Waals surface area contributed by atoms with Gasteiger partial charge in [-0.05, 0) is 61.8 Å². The highest BCUT2D eigenvalue weighted by Crippen LogP contribution is 2.59. The number of rotatable bonds is 2. The second-order valence-electron chi connectivity index (χ2n) is 8.54. The van der Waals surface area contributed by atoms with Gasteiger partial charge in [0.25, 0.3) is 0 Å². The molecule has 0 radical (unpaired) electrons. The van der Waals surface area contributed by atoms with Gasteiger partial charge >= 0.3 is 0 Å². The van der Waals surface area contributed by atoms with Gasteiger partial charge in [-0.1, -0.05) is 36.8 Å². The van der Waals surface area contributed by atoms with E-state index in [0.717, 1.165) is 43.4 Å². The minimum atomic E-state index is -0.112. The van der Waals surface area contributed by atoms with Gasteiger partial charge in [-0.2, -0.15) is 5.10 Å². The molecule has 1 amide bonds. The molecule has 3 saturated carbocycles. The number of hydrogen-bond acceptors (Lipinski definition) is 2. The van der Waals surface area contributed by atoms with Crippen LogP contribution in [0, 0.1) is 23.2 Å². The monoisotopic (exact) mass is 322 g/mol. The molecule has 0 spiro atoms. The van der Waals surface area contributed by atoms with E-state index in [1.54, 1.807) is 0 Å². The molecule has 0 N–H and O–H groups in total. The topological polar surface area (TPSA) is 32.7 Å². The first-order chi connectivity index (χ1) is 11.8. The van der Waals surface area contributed by atoms with Crippen LogP contribution in [0.15, 0.2) is 35.4 Å². The predicted molar refractivity (Wildman–Crippen MR) is 94.4 cm³/mol. The second-order valence-corrected chi connectivity index (χ2v) is 8.54. The molecule has 3 fully saturated rings. The summed E-state index contributed by atoms with van der Waals surface area (Å²) in [4.78, 5) is 13.6. The van der Waals surface area contributed by atoms with E-state index in [1.807, 2.05) is 17.3 Å². The van der Waals surface area contributed by atoms with Crippen LogP contribution in [-0.2, 0) is 4.79 Å². The molecule has 3 aliphatic carbocycles. The molecule has 1 heterocycles. The molecule has 3 bridgehead atoms. The molecule has 24 heavy (non-hydrogen) atoms. The summed E-state index contributed by atoms with van der Waals surface area (Å²) in [6.45, 7) is 0. The maximum Gasteiger partial charge on any atom is 0.249 e. The van der Waals surface area contributed by atoms with Gasteiger partial charge in [0.1, 0.15) is 0 Å². The molecular weight excluding hydrogens is 296 g/mol. The van der Waals surface area contributed by atoms with E-state index < -0.39 is 0 Å². The summed E-state index contributed by atoms with van der Waals surface area (Å²) in [7, 11) is 0. The van der Waals surface area contributed by atoms with E-state index in [1.165, 1.54) is 31.2 Å². The fraction of sp³-hybridized carbons (Fsp3) is 0.619. The first kappa shape index (κ1) is 14.7. The number of nitrogens with zero attached hydrogens (tertiary/aromatic N) is 2. The van der Waals surface area contributed by atoms with Crippen molar-refractivity contribution in [3.63, 3.8) is 0 Å². The lowest BCUT2D eigenvalue weighted by molar-refractivity contribution is -0.156. The Labute approximate surface area is 144 Å². The standard InChI is InChI=1S/C21H26N2O/c24-20(23-19(9-11-22-23)17-4-2-1-3-5-17)21-10-8-16-7-6-15(13-21)12-18(16)14-21/h1-5,11,15-16,18-19H,6-10,12-14H2. The lowest BCUT2D eigenvalue weighted by atomic mass is 9.51. The van der Waals surface area contributed by atoms with Gasteiger partial charge in [0.15, 0.2) is 0 Å². The average Bonchev–Trinajstić information content (AvgIpc) is 3.10. The summed E-state index contributed by atoms with van der Waals surface area (Å²) in [5.41, 5.74) is 1.10. The summed E-state index contributed by atoms with van der Waals surface area (Å²) >= 11 is 0. The van der Waals surface area contributed by atoms with Crippen LogP contribution in [-0.4, -0.2) is 17.1 Å². The van der Waals surface area contributed by atoms with Crippen LogP contribution in [0.5, 0.6) is 0 Å². The SMILES string of the molecule is O=C(N1N=CCC1c1ccccc1)C12CCC3CCC(CC3C1)C2. The van der Waals surface area contributed by atoms with Gasteiger partial charge in [-0.15, -0.1) is 0 Å². The van der Waals surface area contributed by atoms with Crippen molar-refractivity contribution in [2.45, 2.75) is 57.4 Å². The molecule has 5 unspecified atom stereocenters. The van der Waals surface area contributed by atoms with E-state index in [-0.39, 0.29) is 11.5 Å². The second kappa shape index (κ2) is 5.44. The summed E-state index contributed by atoms with van der Waals surface area (Å²) in [5.74, 6) is 2.80. The zero-order valence-corrected chi connectivity index (χ0v) is 14.2. The van der Waals surface area contributed by atoms with Crippen LogP contribution in [0.2, 0.25) is 0 Å². The maximum absolute atomic E-state index is 13.6. The minimum Gasteiger partial charge on any atom is -0.272 e. The number of hydrogen-bond donors (Lipinski definition) is 0. The van der Waals surface area contributed by atoms with Crippen LogP contribution < -0.4 is 0 Å². The Morgan fingerprint density at radius 3 is 2.83 bits per heavy atom. The molecule has 3 nitrogen and oxygen atoms in total. The first-order valence-corrected chi connectivity index (χ1v) is 9.66. The summed E-state index contributed by atoms with van der Waals surface area (Å²) in [6, 6.07) is 10.5. The molecule has 5 rings (SSSR count). The van der Waals surface area contributed by atoms with E-state index >= 15 is 0 Å². The van der Waals surface area contributed by atoms with E-state index in [4.69, 9.17) is 0 Å². The van der Waals surface area contributed by atoms with Crippen LogP contribution in [0.1, 0.15) is 63.0 Å². The smallest absolute Gasteiger partial charge is 0.249 e. The molecule has 1 aromatic carbocycles. The van der Waals surface area contributed by atoms with Crippen molar-refractivity contribution in [1.29, 1.82) is 0 Å². The Morgan fingerprint density at radius 1 is 1.08 bits per heavy atom. The molecule has 126 valence electrons. The molecule has 4 aliphatic rings. The van der Waals surface area contributed by atoms with E-state index in [0.29, 0.717) is 5.91 Å². The number of benzene rings is 1. The quantitative estimate of drug-likeness (QED) is 0.786. The van der Waals surface area contributed by atoms with Gasteiger partial charge in [0.05, 0.1) is 11.5 Å². The van der Waals surface area contributed by atoms with Crippen LogP contribution >= 0.6 is 0 Å². The Kier molecular flexibility index (Phi) is 3.33. The van der Waals surface area contributed by atoms with Crippen molar-refractivity contribution in [1.82, 2.24) is 5.01 Å². The Balaban J connectivity index is 1.44. The van der Waals surface area contributed by atoms with E-state index in [9.17, 15) is 4.79 Å². The van der Waals surface area contributed by atoms with Gasteiger partial charge in [-0.25, -0.2) is 5.01 Å². The molecule has 3 heteroatoms. The predicted octanol–water partition coefficient (Wildman–Crippen LogP) is 4.55. The van der Waals surface area contributed by atoms with Crippen LogP contribution in [0.3, 0.4) is 0 Å². The third kappa shape index (κ3) is 2.17. The number of carbonyl (C=O) groups excluding carboxylic acids is 1. The highest BCUT2D eigenvalue weighted by Gasteiger charge is 2.54. The summed E-state index contributed by atoms with van der Waals surface area (Å²) in [5, 5.41) is 6.38. The molecule has 5 atom stereocenters.